The summed E-state index contributed by atoms with van der Waals surface area (Å²) >= 11 is 0. The second-order valence-corrected chi connectivity index (χ2v) is 4.57. The highest BCUT2D eigenvalue weighted by Crippen LogP contribution is 2.32. The SMILES string of the molecule is CCCCCCOc1cccc(OC)c1[C@@H](C)N. The first-order valence-corrected chi connectivity index (χ1v) is 6.76. The monoisotopic (exact) mass is 251 g/mol. The van der Waals surface area contributed by atoms with Crippen LogP contribution in [0.2, 0.25) is 0 Å². The Morgan fingerprint density at radius 3 is 2.50 bits per heavy atom. The summed E-state index contributed by atoms with van der Waals surface area (Å²) in [6.07, 6.45) is 4.81. The molecular weight excluding hydrogens is 226 g/mol. The first-order valence-electron chi connectivity index (χ1n) is 6.76. The summed E-state index contributed by atoms with van der Waals surface area (Å²) in [6, 6.07) is 5.72. The Morgan fingerprint density at radius 1 is 1.17 bits per heavy atom. The van der Waals surface area contributed by atoms with Crippen LogP contribution in [0.1, 0.15) is 51.1 Å². The molecule has 102 valence electrons. The van der Waals surface area contributed by atoms with Crippen molar-refractivity contribution >= 4 is 0 Å². The lowest BCUT2D eigenvalue weighted by molar-refractivity contribution is 0.297. The van der Waals surface area contributed by atoms with Gasteiger partial charge in [0.15, 0.2) is 0 Å². The minimum Gasteiger partial charge on any atom is -0.496 e. The molecule has 1 aromatic carbocycles. The summed E-state index contributed by atoms with van der Waals surface area (Å²) in [5.41, 5.74) is 6.94. The van der Waals surface area contributed by atoms with Crippen molar-refractivity contribution in [2.45, 2.75) is 45.6 Å². The third-order valence-electron chi connectivity index (χ3n) is 2.96. The molecule has 0 saturated carbocycles. The first kappa shape index (κ1) is 14.8. The van der Waals surface area contributed by atoms with Crippen LogP contribution in [0.4, 0.5) is 0 Å². The summed E-state index contributed by atoms with van der Waals surface area (Å²) < 4.78 is 11.2. The lowest BCUT2D eigenvalue weighted by atomic mass is 10.1. The van der Waals surface area contributed by atoms with Crippen LogP contribution >= 0.6 is 0 Å². The maximum atomic E-state index is 5.98. The predicted octanol–water partition coefficient (Wildman–Crippen LogP) is 3.67. The molecule has 0 radical (unpaired) electrons. The molecule has 0 heterocycles. The molecule has 3 nitrogen and oxygen atoms in total. The van der Waals surface area contributed by atoms with Gasteiger partial charge in [-0.15, -0.1) is 0 Å². The fourth-order valence-electron chi connectivity index (χ4n) is 1.99. The third kappa shape index (κ3) is 4.22. The molecule has 0 bridgehead atoms. The third-order valence-corrected chi connectivity index (χ3v) is 2.96. The Balaban J connectivity index is 2.64. The number of unbranched alkanes of at least 4 members (excludes halogenated alkanes) is 3. The van der Waals surface area contributed by atoms with Gasteiger partial charge < -0.3 is 15.2 Å². The molecule has 0 aliphatic rings. The molecule has 1 aromatic rings. The highest BCUT2D eigenvalue weighted by Gasteiger charge is 2.13. The van der Waals surface area contributed by atoms with E-state index in [2.05, 4.69) is 6.92 Å². The van der Waals surface area contributed by atoms with Gasteiger partial charge in [-0.05, 0) is 25.5 Å². The van der Waals surface area contributed by atoms with E-state index in [1.807, 2.05) is 25.1 Å². The van der Waals surface area contributed by atoms with Crippen LogP contribution in [0, 0.1) is 0 Å². The Bertz CT molecular complexity index is 350. The molecule has 0 saturated heterocycles. The van der Waals surface area contributed by atoms with Crippen molar-refractivity contribution in [2.75, 3.05) is 13.7 Å². The van der Waals surface area contributed by atoms with Crippen LogP contribution in [0.5, 0.6) is 11.5 Å². The van der Waals surface area contributed by atoms with Crippen LogP contribution in [-0.2, 0) is 0 Å². The molecule has 1 rings (SSSR count). The van der Waals surface area contributed by atoms with E-state index < -0.39 is 0 Å². The average Bonchev–Trinajstić information content (AvgIpc) is 2.37. The van der Waals surface area contributed by atoms with Gasteiger partial charge in [0.2, 0.25) is 0 Å². The zero-order chi connectivity index (χ0) is 13.4. The number of hydrogen-bond donors (Lipinski definition) is 1. The minimum absolute atomic E-state index is 0.0909. The highest BCUT2D eigenvalue weighted by molar-refractivity contribution is 5.46. The van der Waals surface area contributed by atoms with Gasteiger partial charge in [0.1, 0.15) is 11.5 Å². The Labute approximate surface area is 110 Å². The van der Waals surface area contributed by atoms with E-state index in [9.17, 15) is 0 Å². The van der Waals surface area contributed by atoms with Crippen molar-refractivity contribution in [3.05, 3.63) is 23.8 Å². The van der Waals surface area contributed by atoms with Crippen molar-refractivity contribution in [1.29, 1.82) is 0 Å². The molecular formula is C15H25NO2. The molecule has 0 fully saturated rings. The summed E-state index contributed by atoms with van der Waals surface area (Å²) in [5, 5.41) is 0. The van der Waals surface area contributed by atoms with E-state index in [1.165, 1.54) is 19.3 Å². The lowest BCUT2D eigenvalue weighted by Crippen LogP contribution is -2.10. The van der Waals surface area contributed by atoms with Crippen molar-refractivity contribution in [2.24, 2.45) is 5.73 Å². The van der Waals surface area contributed by atoms with Crippen molar-refractivity contribution in [3.63, 3.8) is 0 Å². The Morgan fingerprint density at radius 2 is 1.89 bits per heavy atom. The second-order valence-electron chi connectivity index (χ2n) is 4.57. The molecule has 0 unspecified atom stereocenters. The van der Waals surface area contributed by atoms with Crippen LogP contribution in [-0.4, -0.2) is 13.7 Å². The van der Waals surface area contributed by atoms with E-state index in [0.717, 1.165) is 30.1 Å². The maximum absolute atomic E-state index is 5.98. The summed E-state index contributed by atoms with van der Waals surface area (Å²) in [5.74, 6) is 1.65. The summed E-state index contributed by atoms with van der Waals surface area (Å²) in [4.78, 5) is 0. The lowest BCUT2D eigenvalue weighted by Gasteiger charge is -2.17. The number of hydrogen-bond acceptors (Lipinski definition) is 3. The van der Waals surface area contributed by atoms with Gasteiger partial charge >= 0.3 is 0 Å². The van der Waals surface area contributed by atoms with Crippen LogP contribution < -0.4 is 15.2 Å². The summed E-state index contributed by atoms with van der Waals surface area (Å²) in [6.45, 7) is 4.89. The van der Waals surface area contributed by atoms with Crippen molar-refractivity contribution in [3.8, 4) is 11.5 Å². The number of ether oxygens (including phenoxy) is 2. The molecule has 1 atom stereocenters. The van der Waals surface area contributed by atoms with Gasteiger partial charge in [-0.25, -0.2) is 0 Å². The van der Waals surface area contributed by atoms with Crippen molar-refractivity contribution in [1.82, 2.24) is 0 Å². The van der Waals surface area contributed by atoms with E-state index in [-0.39, 0.29) is 6.04 Å². The topological polar surface area (TPSA) is 44.5 Å². The Hall–Kier alpha value is -1.22. The van der Waals surface area contributed by atoms with Crippen LogP contribution in [0.3, 0.4) is 0 Å². The molecule has 0 amide bonds. The van der Waals surface area contributed by atoms with Gasteiger partial charge in [-0.3, -0.25) is 0 Å². The fraction of sp³-hybridized carbons (Fsp3) is 0.600. The van der Waals surface area contributed by atoms with Crippen molar-refractivity contribution < 1.29 is 9.47 Å². The number of rotatable bonds is 8. The van der Waals surface area contributed by atoms with Crippen LogP contribution in [0.15, 0.2) is 18.2 Å². The molecule has 18 heavy (non-hydrogen) atoms. The van der Waals surface area contributed by atoms with Gasteiger partial charge in [-0.1, -0.05) is 32.3 Å². The molecule has 0 aromatic heterocycles. The Kier molecular flexibility index (Phi) is 6.58. The zero-order valence-electron chi connectivity index (χ0n) is 11.7. The molecule has 2 N–H and O–H groups in total. The largest absolute Gasteiger partial charge is 0.496 e. The molecule has 3 heteroatoms. The molecule has 0 spiro atoms. The van der Waals surface area contributed by atoms with Gasteiger partial charge in [0, 0.05) is 6.04 Å². The fourth-order valence-corrected chi connectivity index (χ4v) is 1.99. The van der Waals surface area contributed by atoms with E-state index in [1.54, 1.807) is 7.11 Å². The molecule has 0 aliphatic heterocycles. The zero-order valence-corrected chi connectivity index (χ0v) is 11.7. The minimum atomic E-state index is -0.0909. The predicted molar refractivity (Wildman–Crippen MR) is 75.2 cm³/mol. The average molecular weight is 251 g/mol. The molecule has 0 aliphatic carbocycles. The summed E-state index contributed by atoms with van der Waals surface area (Å²) in [7, 11) is 1.66. The van der Waals surface area contributed by atoms with E-state index >= 15 is 0 Å². The number of benzene rings is 1. The second kappa shape index (κ2) is 7.98. The van der Waals surface area contributed by atoms with E-state index in [4.69, 9.17) is 15.2 Å². The standard InChI is InChI=1S/C15H25NO2/c1-4-5-6-7-11-18-14-10-8-9-13(17-3)15(14)12(2)16/h8-10,12H,4-7,11,16H2,1-3H3/t12-/m1/s1. The van der Waals surface area contributed by atoms with Crippen LogP contribution in [0.25, 0.3) is 0 Å². The maximum Gasteiger partial charge on any atom is 0.127 e. The number of methoxy groups -OCH3 is 1. The number of nitrogens with two attached hydrogens (primary N) is 1. The quantitative estimate of drug-likeness (QED) is 0.717. The first-order chi connectivity index (χ1) is 8.70. The van der Waals surface area contributed by atoms with E-state index in [0.29, 0.717) is 0 Å². The van der Waals surface area contributed by atoms with Gasteiger partial charge in [0.05, 0.1) is 19.3 Å². The van der Waals surface area contributed by atoms with Gasteiger partial charge in [-0.2, -0.15) is 0 Å². The normalized spacial score (nSPS) is 12.2. The highest BCUT2D eigenvalue weighted by atomic mass is 16.5. The smallest absolute Gasteiger partial charge is 0.127 e. The van der Waals surface area contributed by atoms with Gasteiger partial charge in [0.25, 0.3) is 0 Å².